The molecule has 0 saturated heterocycles. The quantitative estimate of drug-likeness (QED) is 0.480. The molecular formula is C12H17N3S. The molecule has 0 aromatic heterocycles. The molecule has 2 N–H and O–H groups in total. The summed E-state index contributed by atoms with van der Waals surface area (Å²) < 4.78 is 0. The minimum Gasteiger partial charge on any atom is -0.331 e. The van der Waals surface area contributed by atoms with Gasteiger partial charge in [0.15, 0.2) is 5.11 Å². The third kappa shape index (κ3) is 4.89. The standard InChI is InChI=1S/C12H17N3S/c1-9(2)8-13-15-12(16)14-11-6-4-10(3)5-7-11/h4-9H,1-3H3,(H2,14,15,16)/b13-8+. The highest BCUT2D eigenvalue weighted by molar-refractivity contribution is 7.80. The number of hydrazone groups is 1. The Kier molecular flexibility index (Phi) is 4.92. The number of nitrogens with zero attached hydrogens (tertiary/aromatic N) is 1. The van der Waals surface area contributed by atoms with Gasteiger partial charge in [0, 0.05) is 11.9 Å². The molecule has 0 bridgehead atoms. The highest BCUT2D eigenvalue weighted by Gasteiger charge is 1.95. The summed E-state index contributed by atoms with van der Waals surface area (Å²) in [6.45, 7) is 6.16. The van der Waals surface area contributed by atoms with Crippen LogP contribution in [0.25, 0.3) is 0 Å². The molecule has 0 radical (unpaired) electrons. The summed E-state index contributed by atoms with van der Waals surface area (Å²) in [4.78, 5) is 0. The van der Waals surface area contributed by atoms with E-state index in [0.717, 1.165) is 5.69 Å². The number of hydrogen-bond acceptors (Lipinski definition) is 2. The second-order valence-electron chi connectivity index (χ2n) is 3.95. The minimum atomic E-state index is 0.412. The molecule has 1 aromatic rings. The number of benzene rings is 1. The van der Waals surface area contributed by atoms with Crippen molar-refractivity contribution >= 4 is 29.2 Å². The van der Waals surface area contributed by atoms with Gasteiger partial charge in [-0.1, -0.05) is 31.5 Å². The summed E-state index contributed by atoms with van der Waals surface area (Å²) in [6, 6.07) is 8.02. The van der Waals surface area contributed by atoms with Crippen molar-refractivity contribution in [1.82, 2.24) is 5.43 Å². The largest absolute Gasteiger partial charge is 0.331 e. The molecule has 0 unspecified atom stereocenters. The molecule has 0 heterocycles. The zero-order valence-electron chi connectivity index (χ0n) is 9.82. The van der Waals surface area contributed by atoms with Crippen molar-refractivity contribution in [2.45, 2.75) is 20.8 Å². The topological polar surface area (TPSA) is 36.4 Å². The van der Waals surface area contributed by atoms with Crippen LogP contribution in [0, 0.1) is 12.8 Å². The van der Waals surface area contributed by atoms with Crippen LogP contribution in [-0.2, 0) is 0 Å². The Morgan fingerprint density at radius 1 is 1.31 bits per heavy atom. The van der Waals surface area contributed by atoms with Crippen molar-refractivity contribution in [3.05, 3.63) is 29.8 Å². The van der Waals surface area contributed by atoms with E-state index < -0.39 is 0 Å². The third-order valence-electron chi connectivity index (χ3n) is 1.85. The van der Waals surface area contributed by atoms with E-state index in [-0.39, 0.29) is 0 Å². The van der Waals surface area contributed by atoms with Gasteiger partial charge >= 0.3 is 0 Å². The van der Waals surface area contributed by atoms with E-state index in [1.807, 2.05) is 37.4 Å². The molecule has 86 valence electrons. The van der Waals surface area contributed by atoms with E-state index in [0.29, 0.717) is 11.0 Å². The van der Waals surface area contributed by atoms with Gasteiger partial charge < -0.3 is 5.32 Å². The Morgan fingerprint density at radius 2 is 1.94 bits per heavy atom. The summed E-state index contributed by atoms with van der Waals surface area (Å²) in [5.74, 6) is 0.412. The van der Waals surface area contributed by atoms with Crippen LogP contribution in [0.2, 0.25) is 0 Å². The number of thiocarbonyl (C=S) groups is 1. The number of rotatable bonds is 3. The normalized spacial score (nSPS) is 10.8. The molecule has 16 heavy (non-hydrogen) atoms. The second kappa shape index (κ2) is 6.23. The number of hydrogen-bond donors (Lipinski definition) is 2. The zero-order chi connectivity index (χ0) is 12.0. The van der Waals surface area contributed by atoms with Crippen molar-refractivity contribution in [2.75, 3.05) is 5.32 Å². The van der Waals surface area contributed by atoms with Gasteiger partial charge in [0.05, 0.1) is 0 Å². The van der Waals surface area contributed by atoms with Crippen molar-refractivity contribution in [3.8, 4) is 0 Å². The lowest BCUT2D eigenvalue weighted by atomic mass is 10.2. The van der Waals surface area contributed by atoms with Crippen molar-refractivity contribution in [2.24, 2.45) is 11.0 Å². The molecule has 1 aromatic carbocycles. The maximum atomic E-state index is 5.08. The Labute approximate surface area is 102 Å². The third-order valence-corrected chi connectivity index (χ3v) is 2.04. The smallest absolute Gasteiger partial charge is 0.191 e. The average Bonchev–Trinajstić information content (AvgIpc) is 2.21. The van der Waals surface area contributed by atoms with Crippen LogP contribution in [0.15, 0.2) is 29.4 Å². The van der Waals surface area contributed by atoms with Crippen LogP contribution in [0.4, 0.5) is 5.69 Å². The summed E-state index contributed by atoms with van der Waals surface area (Å²) in [6.07, 6.45) is 1.81. The molecule has 1 rings (SSSR count). The second-order valence-corrected chi connectivity index (χ2v) is 4.36. The molecule has 4 heteroatoms. The minimum absolute atomic E-state index is 0.412. The Balaban J connectivity index is 2.43. The molecule has 0 aliphatic heterocycles. The van der Waals surface area contributed by atoms with Gasteiger partial charge in [-0.3, -0.25) is 5.43 Å². The van der Waals surface area contributed by atoms with Crippen molar-refractivity contribution in [1.29, 1.82) is 0 Å². The maximum Gasteiger partial charge on any atom is 0.191 e. The van der Waals surface area contributed by atoms with E-state index >= 15 is 0 Å². The molecular weight excluding hydrogens is 218 g/mol. The fourth-order valence-electron chi connectivity index (χ4n) is 1.04. The van der Waals surface area contributed by atoms with Crippen molar-refractivity contribution in [3.63, 3.8) is 0 Å². The Bertz CT molecular complexity index is 368. The first-order valence-corrected chi connectivity index (χ1v) is 5.65. The van der Waals surface area contributed by atoms with E-state index in [2.05, 4.69) is 29.7 Å². The van der Waals surface area contributed by atoms with Crippen molar-refractivity contribution < 1.29 is 0 Å². The van der Waals surface area contributed by atoms with Crippen LogP contribution >= 0.6 is 12.2 Å². The van der Waals surface area contributed by atoms with Gasteiger partial charge in [-0.2, -0.15) is 5.10 Å². The van der Waals surface area contributed by atoms with Crippen LogP contribution in [0.1, 0.15) is 19.4 Å². The van der Waals surface area contributed by atoms with Crippen LogP contribution < -0.4 is 10.7 Å². The van der Waals surface area contributed by atoms with Gasteiger partial charge in [0.1, 0.15) is 0 Å². The fourth-order valence-corrected chi connectivity index (χ4v) is 1.21. The highest BCUT2D eigenvalue weighted by Crippen LogP contribution is 2.07. The first-order chi connectivity index (χ1) is 7.58. The van der Waals surface area contributed by atoms with E-state index in [1.165, 1.54) is 5.56 Å². The number of anilines is 1. The molecule has 0 spiro atoms. The molecule has 0 amide bonds. The van der Waals surface area contributed by atoms with E-state index in [9.17, 15) is 0 Å². The monoisotopic (exact) mass is 235 g/mol. The predicted molar refractivity (Wildman–Crippen MR) is 73.9 cm³/mol. The number of nitrogens with one attached hydrogen (secondary N) is 2. The molecule has 0 aliphatic carbocycles. The van der Waals surface area contributed by atoms with E-state index in [4.69, 9.17) is 12.2 Å². The first-order valence-electron chi connectivity index (χ1n) is 5.25. The van der Waals surface area contributed by atoms with Gasteiger partial charge in [-0.05, 0) is 37.2 Å². The lowest BCUT2D eigenvalue weighted by Crippen LogP contribution is -2.24. The van der Waals surface area contributed by atoms with Crippen LogP contribution in [0.5, 0.6) is 0 Å². The fraction of sp³-hybridized carbons (Fsp3) is 0.333. The average molecular weight is 235 g/mol. The van der Waals surface area contributed by atoms with Gasteiger partial charge in [0.25, 0.3) is 0 Å². The SMILES string of the molecule is Cc1ccc(NC(=S)N/N=C/C(C)C)cc1. The maximum absolute atomic E-state index is 5.08. The molecule has 0 fully saturated rings. The molecule has 0 saturated carbocycles. The van der Waals surface area contributed by atoms with Gasteiger partial charge in [-0.25, -0.2) is 0 Å². The lowest BCUT2D eigenvalue weighted by Gasteiger charge is -2.07. The van der Waals surface area contributed by atoms with E-state index in [1.54, 1.807) is 0 Å². The summed E-state index contributed by atoms with van der Waals surface area (Å²) in [5, 5.41) is 7.56. The molecule has 0 atom stereocenters. The summed E-state index contributed by atoms with van der Waals surface area (Å²) >= 11 is 5.08. The molecule has 0 aliphatic rings. The summed E-state index contributed by atoms with van der Waals surface area (Å²) in [7, 11) is 0. The number of aryl methyl sites for hydroxylation is 1. The summed E-state index contributed by atoms with van der Waals surface area (Å²) in [5.41, 5.74) is 4.95. The zero-order valence-corrected chi connectivity index (χ0v) is 10.6. The predicted octanol–water partition coefficient (Wildman–Crippen LogP) is 2.92. The van der Waals surface area contributed by atoms with Crippen LogP contribution in [-0.4, -0.2) is 11.3 Å². The first kappa shape index (κ1) is 12.6. The highest BCUT2D eigenvalue weighted by atomic mass is 32.1. The van der Waals surface area contributed by atoms with Gasteiger partial charge in [-0.15, -0.1) is 0 Å². The van der Waals surface area contributed by atoms with Gasteiger partial charge in [0.2, 0.25) is 0 Å². The molecule has 3 nitrogen and oxygen atoms in total. The Hall–Kier alpha value is -1.42. The lowest BCUT2D eigenvalue weighted by molar-refractivity contribution is 0.886. The Morgan fingerprint density at radius 3 is 2.50 bits per heavy atom. The van der Waals surface area contributed by atoms with Crippen LogP contribution in [0.3, 0.4) is 0 Å².